The molecule has 0 aromatic rings. The molecule has 0 aromatic carbocycles. The predicted octanol–water partition coefficient (Wildman–Crippen LogP) is -1.10. The third-order valence-corrected chi connectivity index (χ3v) is 5.33. The van der Waals surface area contributed by atoms with Gasteiger partial charge in [0.25, 0.3) is 0 Å². The fraction of sp³-hybridized carbons (Fsp3) is 0.667. The van der Waals surface area contributed by atoms with Gasteiger partial charge < -0.3 is 57.6 Å². The van der Waals surface area contributed by atoms with Crippen LogP contribution in [0.5, 0.6) is 0 Å². The van der Waals surface area contributed by atoms with Crippen molar-refractivity contribution in [2.75, 3.05) is 80.3 Å². The maximum absolute atomic E-state index is 11.5. The zero-order chi connectivity index (χ0) is 39.6. The van der Waals surface area contributed by atoms with Gasteiger partial charge in [-0.25, -0.2) is 38.4 Å². The third kappa shape index (κ3) is 35.9. The Morgan fingerprint density at radius 2 is 0.635 bits per heavy atom. The van der Waals surface area contributed by atoms with Gasteiger partial charge in [0.1, 0.15) is 26.4 Å². The summed E-state index contributed by atoms with van der Waals surface area (Å²) in [4.78, 5) is 109. The van der Waals surface area contributed by atoms with E-state index >= 15 is 0 Å². The van der Waals surface area contributed by atoms with Crippen molar-refractivity contribution in [2.24, 2.45) is 0 Å². The second-order valence-corrected chi connectivity index (χ2v) is 9.63. The van der Waals surface area contributed by atoms with Crippen LogP contribution in [0.4, 0.5) is 0 Å². The molecule has 296 valence electrons. The number of carbonyl (C=O) groups excluding carboxylic acids is 8. The van der Waals surface area contributed by atoms with Crippen molar-refractivity contribution in [3.63, 3.8) is 0 Å². The molecule has 0 radical (unpaired) electrons. The van der Waals surface area contributed by atoms with Gasteiger partial charge in [-0.15, -0.1) is 0 Å². The Bertz CT molecular complexity index is 1060. The van der Waals surface area contributed by atoms with Crippen LogP contribution < -0.4 is 0 Å². The van der Waals surface area contributed by atoms with Gasteiger partial charge in [0, 0.05) is 12.8 Å². The van der Waals surface area contributed by atoms with E-state index in [0.717, 1.165) is 0 Å². The summed E-state index contributed by atoms with van der Waals surface area (Å²) >= 11 is 0. The van der Waals surface area contributed by atoms with Crippen LogP contribution in [0.25, 0.3) is 0 Å². The van der Waals surface area contributed by atoms with Crippen molar-refractivity contribution in [3.05, 3.63) is 0 Å². The number of hydrogen-bond acceptors (Lipinski definition) is 20. The molecule has 0 aromatic heterocycles. The van der Waals surface area contributed by atoms with E-state index in [1.807, 2.05) is 0 Å². The van der Waals surface area contributed by atoms with E-state index in [4.69, 9.17) is 24.4 Å². The lowest BCUT2D eigenvalue weighted by Gasteiger charge is -2.08. The molecule has 0 aliphatic rings. The summed E-state index contributed by atoms with van der Waals surface area (Å²) in [6.07, 6.45) is 4.24. The topological polar surface area (TPSA) is 303 Å². The zero-order valence-corrected chi connectivity index (χ0v) is 28.8. The highest BCUT2D eigenvalue weighted by Crippen LogP contribution is 2.02. The number of carbonyl (C=O) groups is 10. The molecule has 22 heteroatoms. The summed E-state index contributed by atoms with van der Waals surface area (Å²) in [6, 6.07) is 0. The highest BCUT2D eigenvalue weighted by atomic mass is 16.6. The molecule has 0 fully saturated rings. The number of carboxylic acid groups (broad SMARTS) is 2. The molecule has 0 amide bonds. The molecule has 22 nitrogen and oxygen atoms in total. The number of ether oxygens (including phenoxy) is 10. The van der Waals surface area contributed by atoms with Crippen molar-refractivity contribution in [1.29, 1.82) is 0 Å². The van der Waals surface area contributed by atoms with Crippen molar-refractivity contribution in [3.8, 4) is 0 Å². The van der Waals surface area contributed by atoms with E-state index in [9.17, 15) is 47.9 Å². The van der Waals surface area contributed by atoms with E-state index in [-0.39, 0.29) is 25.2 Å². The Morgan fingerprint density at radius 3 is 0.923 bits per heavy atom. The Hall–Kier alpha value is -5.38. The van der Waals surface area contributed by atoms with Crippen LogP contribution in [0.1, 0.15) is 51.4 Å². The van der Waals surface area contributed by atoms with Crippen molar-refractivity contribution in [1.82, 2.24) is 0 Å². The van der Waals surface area contributed by atoms with Crippen LogP contribution in [0.3, 0.4) is 0 Å². The largest absolute Gasteiger partial charge is 0.479 e. The average molecular weight is 757 g/mol. The molecule has 0 heterocycles. The number of esters is 8. The van der Waals surface area contributed by atoms with Crippen LogP contribution in [-0.2, 0) is 95.3 Å². The number of hydrogen-bond donors (Lipinski definition) is 2. The van der Waals surface area contributed by atoms with Crippen molar-refractivity contribution >= 4 is 59.7 Å². The molecule has 0 aliphatic carbocycles. The summed E-state index contributed by atoms with van der Waals surface area (Å²) < 4.78 is 45.7. The maximum Gasteiger partial charge on any atom is 0.344 e. The number of unbranched alkanes of at least 4 members (excludes halogenated alkanes) is 4. The summed E-state index contributed by atoms with van der Waals surface area (Å²) in [7, 11) is 2.62. The van der Waals surface area contributed by atoms with Crippen LogP contribution >= 0.6 is 0 Å². The normalized spacial score (nSPS) is 9.88. The Balaban J connectivity index is 0. The number of methoxy groups -OCH3 is 2. The lowest BCUT2D eigenvalue weighted by Crippen LogP contribution is -2.23. The van der Waals surface area contributed by atoms with Gasteiger partial charge in [-0.1, -0.05) is 0 Å². The van der Waals surface area contributed by atoms with Crippen LogP contribution in [0.15, 0.2) is 0 Å². The third-order valence-electron chi connectivity index (χ3n) is 5.33. The lowest BCUT2D eigenvalue weighted by atomic mass is 10.2. The van der Waals surface area contributed by atoms with Gasteiger partial charge in [0.15, 0.2) is 26.4 Å². The fourth-order valence-corrected chi connectivity index (χ4v) is 2.92. The second-order valence-electron chi connectivity index (χ2n) is 9.63. The van der Waals surface area contributed by atoms with Crippen molar-refractivity contribution < 1.29 is 106 Å². The van der Waals surface area contributed by atoms with Gasteiger partial charge in [-0.2, -0.15) is 0 Å². The van der Waals surface area contributed by atoms with E-state index in [1.54, 1.807) is 0 Å². The van der Waals surface area contributed by atoms with Crippen molar-refractivity contribution in [2.45, 2.75) is 51.4 Å². The average Bonchev–Trinajstić information content (AvgIpc) is 3.10. The van der Waals surface area contributed by atoms with E-state index < -0.39 is 101 Å². The van der Waals surface area contributed by atoms with Gasteiger partial charge in [-0.3, -0.25) is 9.59 Å². The zero-order valence-electron chi connectivity index (χ0n) is 28.8. The summed E-state index contributed by atoms with van der Waals surface area (Å²) in [6.45, 7) is -5.04. The number of carboxylic acids is 2. The Labute approximate surface area is 297 Å². The molecule has 0 rings (SSSR count). The van der Waals surface area contributed by atoms with Gasteiger partial charge in [0.05, 0.1) is 27.4 Å². The van der Waals surface area contributed by atoms with Gasteiger partial charge >= 0.3 is 59.7 Å². The molecule has 2 N–H and O–H groups in total. The molecule has 0 unspecified atom stereocenters. The molecule has 0 bridgehead atoms. The molecule has 0 spiro atoms. The molecule has 0 atom stereocenters. The quantitative estimate of drug-likeness (QED) is 0.0544. The first kappa shape index (κ1) is 48.7. The molecule has 0 aliphatic heterocycles. The summed E-state index contributed by atoms with van der Waals surface area (Å²) in [5, 5.41) is 16.3. The smallest absolute Gasteiger partial charge is 0.344 e. The predicted molar refractivity (Wildman–Crippen MR) is 164 cm³/mol. The first-order valence-corrected chi connectivity index (χ1v) is 15.4. The van der Waals surface area contributed by atoms with Gasteiger partial charge in [0.2, 0.25) is 0 Å². The van der Waals surface area contributed by atoms with E-state index in [0.29, 0.717) is 51.4 Å². The minimum atomic E-state index is -1.32. The molecule has 0 saturated carbocycles. The maximum atomic E-state index is 11.5. The SMILES string of the molecule is COC(=O)CCCCCOC(=O)COC(=O)COCC(=O)OCC(=O)OCCCCCC(=O)OC.O=C(O)COC(=O)COCC(=O)OCC(=O)O. The minimum absolute atomic E-state index is 0.123. The second kappa shape index (κ2) is 32.8. The Morgan fingerprint density at radius 1 is 0.346 bits per heavy atom. The van der Waals surface area contributed by atoms with E-state index in [1.165, 1.54) is 14.2 Å². The monoisotopic (exact) mass is 756 g/mol. The van der Waals surface area contributed by atoms with E-state index in [2.05, 4.69) is 33.2 Å². The van der Waals surface area contributed by atoms with Gasteiger partial charge in [-0.05, 0) is 38.5 Å². The molecule has 52 heavy (non-hydrogen) atoms. The van der Waals surface area contributed by atoms with Crippen LogP contribution in [0.2, 0.25) is 0 Å². The molecular formula is C30H44O22. The minimum Gasteiger partial charge on any atom is -0.479 e. The Kier molecular flexibility index (Phi) is 30.7. The first-order valence-electron chi connectivity index (χ1n) is 15.4. The molecule has 0 saturated heterocycles. The molecular weight excluding hydrogens is 712 g/mol. The highest BCUT2D eigenvalue weighted by Gasteiger charge is 2.13. The van der Waals surface area contributed by atoms with Crippen LogP contribution in [0, 0.1) is 0 Å². The summed E-state index contributed by atoms with van der Waals surface area (Å²) in [5.74, 6) is -8.43. The first-order chi connectivity index (χ1) is 24.7. The lowest BCUT2D eigenvalue weighted by molar-refractivity contribution is -0.166. The highest BCUT2D eigenvalue weighted by molar-refractivity contribution is 5.79. The number of aliphatic carboxylic acids is 2. The standard InChI is InChI=1S/C22H34O13.C8H10O9/c1-29-17(23)9-5-3-7-11-32-21(27)15-34-19(25)13-31-14-20(26)35-16-22(28)33-12-8-4-6-10-18(24)30-2;9-5(10)1-16-7(13)3-15-4-8(14)17-2-6(11)12/h3-16H2,1-2H3;1-4H2,(H,9,10)(H,11,12). The van der Waals surface area contributed by atoms with Crippen LogP contribution in [-0.4, -0.2) is 150 Å². The number of rotatable bonds is 28. The fourth-order valence-electron chi connectivity index (χ4n) is 2.92. The summed E-state index contributed by atoms with van der Waals surface area (Å²) in [5.41, 5.74) is 0.